The van der Waals surface area contributed by atoms with Gasteiger partial charge in [-0.15, -0.1) is 0 Å². The second-order valence-electron chi connectivity index (χ2n) is 15.1. The summed E-state index contributed by atoms with van der Waals surface area (Å²) in [5.41, 5.74) is 8.86. The lowest BCUT2D eigenvalue weighted by Crippen LogP contribution is -2.32. The zero-order chi connectivity index (χ0) is 49.3. The summed E-state index contributed by atoms with van der Waals surface area (Å²) in [6.07, 6.45) is 21.3. The second-order valence-corrected chi connectivity index (χ2v) is 16.7. The minimum absolute atomic E-state index is 0.0694. The molecule has 0 fully saturated rings. The zero-order valence-corrected chi connectivity index (χ0v) is 39.9. The molecule has 0 spiro atoms. The Balaban J connectivity index is 0.000000219. The number of phosphoric acid groups is 1. The van der Waals surface area contributed by atoms with E-state index in [2.05, 4.69) is 48.6 Å². The summed E-state index contributed by atoms with van der Waals surface area (Å²) in [4.78, 5) is 1.79. The molecule has 7 aromatic carbocycles. The fourth-order valence-electron chi connectivity index (χ4n) is 6.46. The Labute approximate surface area is 412 Å². The molecule has 0 aliphatic carbocycles. The van der Waals surface area contributed by atoms with Crippen molar-refractivity contribution in [2.45, 2.75) is 0 Å². The van der Waals surface area contributed by atoms with Crippen molar-refractivity contribution in [3.8, 4) is 5.75 Å². The van der Waals surface area contributed by atoms with Crippen LogP contribution in [-0.2, 0) is 18.1 Å². The third-order valence-electron chi connectivity index (χ3n) is 10.0. The SMILES string of the molecule is O=P(OC=Cc1ccccc1)(OC=Cc1ccccc1)OC=Cc1ccccc1.OCCN(CCO)CCO.Oc1ccc(C=Cc2ccccc2)c(C=Cc2ccccc2)c1C=Cc1ccccc1. The summed E-state index contributed by atoms with van der Waals surface area (Å²) in [6.45, 7) is 1.75. The van der Waals surface area contributed by atoms with E-state index < -0.39 is 7.82 Å². The van der Waals surface area contributed by atoms with E-state index in [1.165, 1.54) is 18.8 Å². The molecular formula is C60H60NO8P. The summed E-state index contributed by atoms with van der Waals surface area (Å²) < 4.78 is 29.0. The molecule has 0 bridgehead atoms. The quantitative estimate of drug-likeness (QED) is 0.0316. The number of aliphatic hydroxyl groups is 3. The van der Waals surface area contributed by atoms with E-state index in [-0.39, 0.29) is 25.6 Å². The maximum Gasteiger partial charge on any atom is 0.645 e. The van der Waals surface area contributed by atoms with Gasteiger partial charge in [0.05, 0.1) is 38.6 Å². The smallest absolute Gasteiger partial charge is 0.507 e. The molecular weight excluding hydrogens is 894 g/mol. The molecule has 0 atom stereocenters. The van der Waals surface area contributed by atoms with Crippen molar-refractivity contribution in [1.29, 1.82) is 0 Å². The molecule has 358 valence electrons. The molecule has 0 radical (unpaired) electrons. The Kier molecular flexibility index (Phi) is 23.8. The van der Waals surface area contributed by atoms with Gasteiger partial charge in [0.1, 0.15) is 5.75 Å². The minimum Gasteiger partial charge on any atom is -0.507 e. The van der Waals surface area contributed by atoms with E-state index in [0.717, 1.165) is 50.1 Å². The molecule has 0 aliphatic heterocycles. The fraction of sp³-hybridized carbons (Fsp3) is 0.100. The van der Waals surface area contributed by atoms with Gasteiger partial charge in [0, 0.05) is 25.2 Å². The van der Waals surface area contributed by atoms with Crippen LogP contribution in [0.2, 0.25) is 0 Å². The van der Waals surface area contributed by atoms with Crippen molar-refractivity contribution < 1.29 is 38.6 Å². The Morgan fingerprint density at radius 2 is 0.643 bits per heavy atom. The molecule has 7 aromatic rings. The third-order valence-corrected chi connectivity index (χ3v) is 11.2. The Morgan fingerprint density at radius 3 is 0.957 bits per heavy atom. The number of rotatable bonds is 21. The Morgan fingerprint density at radius 1 is 0.357 bits per heavy atom. The van der Waals surface area contributed by atoms with E-state index in [1.54, 1.807) is 29.2 Å². The molecule has 0 heterocycles. The third kappa shape index (κ3) is 20.2. The van der Waals surface area contributed by atoms with Crippen LogP contribution in [0.4, 0.5) is 0 Å². The first-order valence-electron chi connectivity index (χ1n) is 22.8. The van der Waals surface area contributed by atoms with Crippen LogP contribution >= 0.6 is 7.82 Å². The standard InChI is InChI=1S/C30H24O.C24H21O4P.C6H15NO3/c31-30-23-20-27(19-16-24-10-4-1-5-11-24)28(21-17-25-12-6-2-7-13-25)29(30)22-18-26-14-8-3-9-15-26;25-29(26-19-16-22-10-4-1-5-11-22,27-20-17-23-12-6-2-7-13-23)28-21-18-24-14-8-3-9-15-24;8-4-1-7(2-5-9)3-6-10/h1-23,31H;1-21H;8-10H,1-6H2. The van der Waals surface area contributed by atoms with Gasteiger partial charge in [0.15, 0.2) is 0 Å². The van der Waals surface area contributed by atoms with E-state index in [0.29, 0.717) is 19.6 Å². The van der Waals surface area contributed by atoms with E-state index in [9.17, 15) is 9.67 Å². The first-order valence-corrected chi connectivity index (χ1v) is 24.2. The highest BCUT2D eigenvalue weighted by Crippen LogP contribution is 2.50. The number of aliphatic hydroxyl groups excluding tert-OH is 3. The van der Waals surface area contributed by atoms with Crippen molar-refractivity contribution >= 4 is 62.5 Å². The number of phenolic OH excluding ortho intramolecular Hbond substituents is 1. The van der Waals surface area contributed by atoms with Crippen LogP contribution in [-0.4, -0.2) is 64.8 Å². The summed E-state index contributed by atoms with van der Waals surface area (Å²) >= 11 is 0. The van der Waals surface area contributed by atoms with E-state index in [4.69, 9.17) is 28.9 Å². The maximum absolute atomic E-state index is 13.0. The van der Waals surface area contributed by atoms with Gasteiger partial charge in [-0.3, -0.25) is 4.90 Å². The highest BCUT2D eigenvalue weighted by Gasteiger charge is 2.27. The number of aromatic hydroxyl groups is 1. The van der Waals surface area contributed by atoms with Crippen molar-refractivity contribution in [2.75, 3.05) is 39.5 Å². The second kappa shape index (κ2) is 31.3. The number of phosphoric ester groups is 1. The number of hydrogen-bond acceptors (Lipinski definition) is 9. The summed E-state index contributed by atoms with van der Waals surface area (Å²) in [5.74, 6) is 0.261. The molecule has 0 unspecified atom stereocenters. The van der Waals surface area contributed by atoms with Gasteiger partial charge in [-0.1, -0.05) is 225 Å². The van der Waals surface area contributed by atoms with Gasteiger partial charge in [0.25, 0.3) is 0 Å². The highest BCUT2D eigenvalue weighted by molar-refractivity contribution is 7.48. The summed E-state index contributed by atoms with van der Waals surface area (Å²) in [7, 11) is -3.89. The Bertz CT molecular complexity index is 2600. The molecule has 0 aromatic heterocycles. The monoisotopic (exact) mass is 953 g/mol. The van der Waals surface area contributed by atoms with Gasteiger partial charge in [0.2, 0.25) is 0 Å². The van der Waals surface area contributed by atoms with E-state index in [1.807, 2.05) is 176 Å². The zero-order valence-electron chi connectivity index (χ0n) is 39.0. The molecule has 0 amide bonds. The van der Waals surface area contributed by atoms with Crippen LogP contribution in [0.5, 0.6) is 5.75 Å². The van der Waals surface area contributed by atoms with Gasteiger partial charge >= 0.3 is 7.82 Å². The molecule has 0 saturated heterocycles. The number of phenols is 1. The summed E-state index contributed by atoms with van der Waals surface area (Å²) in [6, 6.07) is 62.8. The number of nitrogens with zero attached hydrogens (tertiary/aromatic N) is 1. The number of hydrogen-bond donors (Lipinski definition) is 4. The molecule has 0 saturated carbocycles. The first kappa shape index (κ1) is 53.2. The molecule has 7 rings (SSSR count). The van der Waals surface area contributed by atoms with Crippen molar-refractivity contribution in [3.63, 3.8) is 0 Å². The molecule has 0 aliphatic rings. The largest absolute Gasteiger partial charge is 0.645 e. The van der Waals surface area contributed by atoms with Crippen LogP contribution < -0.4 is 0 Å². The summed E-state index contributed by atoms with van der Waals surface area (Å²) in [5, 5.41) is 36.1. The Hall–Kier alpha value is -7.75. The average Bonchev–Trinajstić information content (AvgIpc) is 3.40. The van der Waals surface area contributed by atoms with Gasteiger partial charge in [-0.2, -0.15) is 4.57 Å². The van der Waals surface area contributed by atoms with Gasteiger partial charge < -0.3 is 34.0 Å². The van der Waals surface area contributed by atoms with Crippen LogP contribution in [0.1, 0.15) is 50.1 Å². The molecule has 9 nitrogen and oxygen atoms in total. The van der Waals surface area contributed by atoms with Gasteiger partial charge in [-0.25, -0.2) is 0 Å². The molecule has 70 heavy (non-hydrogen) atoms. The van der Waals surface area contributed by atoms with Gasteiger partial charge in [-0.05, 0) is 68.8 Å². The van der Waals surface area contributed by atoms with Crippen LogP contribution in [0.25, 0.3) is 54.7 Å². The normalized spacial score (nSPS) is 12.3. The predicted octanol–water partition coefficient (Wildman–Crippen LogP) is 13.3. The van der Waals surface area contributed by atoms with E-state index >= 15 is 0 Å². The average molecular weight is 954 g/mol. The predicted molar refractivity (Wildman–Crippen MR) is 289 cm³/mol. The topological polar surface area (TPSA) is 129 Å². The van der Waals surface area contributed by atoms with Crippen molar-refractivity contribution in [1.82, 2.24) is 4.90 Å². The van der Waals surface area contributed by atoms with Crippen LogP contribution in [0, 0.1) is 0 Å². The van der Waals surface area contributed by atoms with Crippen molar-refractivity contribution in [2.24, 2.45) is 0 Å². The first-order chi connectivity index (χ1) is 34.4. The van der Waals surface area contributed by atoms with Crippen LogP contribution in [0.15, 0.2) is 213 Å². The fourth-order valence-corrected chi connectivity index (χ4v) is 7.24. The van der Waals surface area contributed by atoms with Crippen LogP contribution in [0.3, 0.4) is 0 Å². The lowest BCUT2D eigenvalue weighted by molar-refractivity contribution is 0.136. The maximum atomic E-state index is 13.0. The number of benzene rings is 7. The molecule has 10 heteroatoms. The lowest BCUT2D eigenvalue weighted by atomic mass is 9.96. The lowest BCUT2D eigenvalue weighted by Gasteiger charge is -2.17. The highest BCUT2D eigenvalue weighted by atomic mass is 31.2. The van der Waals surface area contributed by atoms with Crippen molar-refractivity contribution in [3.05, 3.63) is 263 Å². The molecule has 4 N–H and O–H groups in total. The minimum atomic E-state index is -3.89.